The van der Waals surface area contributed by atoms with Gasteiger partial charge in [0.15, 0.2) is 9.84 Å². The van der Waals surface area contributed by atoms with Crippen LogP contribution in [0.5, 0.6) is 0 Å². The number of H-pyrrole nitrogens is 1. The lowest BCUT2D eigenvalue weighted by Crippen LogP contribution is -2.24. The fraction of sp³-hybridized carbons (Fsp3) is 0.364. The first-order valence-corrected chi connectivity index (χ1v) is 12.0. The summed E-state index contributed by atoms with van der Waals surface area (Å²) in [6.07, 6.45) is -0.567. The van der Waals surface area contributed by atoms with Crippen LogP contribution in [0.1, 0.15) is 21.7 Å². The number of esters is 1. The van der Waals surface area contributed by atoms with E-state index in [1.54, 1.807) is 42.5 Å². The standard InChI is InChI=1S/C22H24FN3O5S/c1-30-22(27)15-5-8-18-19(9-15)25-21(24-18)13-31-20-12-26(11-17(20)23)10-14-3-6-16(7-4-14)32(2,28)29/h3-9,17,20H,10-13H2,1-2H3,(H,24,25). The second-order valence-corrected chi connectivity index (χ2v) is 9.90. The molecule has 1 aliphatic heterocycles. The van der Waals surface area contributed by atoms with Gasteiger partial charge in [0.2, 0.25) is 0 Å². The maximum atomic E-state index is 14.5. The summed E-state index contributed by atoms with van der Waals surface area (Å²) in [6, 6.07) is 11.6. The van der Waals surface area contributed by atoms with Crippen molar-refractivity contribution in [1.29, 1.82) is 0 Å². The van der Waals surface area contributed by atoms with E-state index in [0.717, 1.165) is 11.8 Å². The van der Waals surface area contributed by atoms with Crippen LogP contribution >= 0.6 is 0 Å². The van der Waals surface area contributed by atoms with Crippen molar-refractivity contribution in [2.75, 3.05) is 26.5 Å². The van der Waals surface area contributed by atoms with E-state index in [9.17, 15) is 17.6 Å². The molecule has 0 aliphatic carbocycles. The molecule has 2 heterocycles. The zero-order valence-corrected chi connectivity index (χ0v) is 18.6. The molecular formula is C22H24FN3O5S. The van der Waals surface area contributed by atoms with Crippen molar-refractivity contribution in [3.63, 3.8) is 0 Å². The molecule has 1 aliphatic rings. The Morgan fingerprint density at radius 2 is 1.97 bits per heavy atom. The van der Waals surface area contributed by atoms with Gasteiger partial charge in [-0.25, -0.2) is 22.6 Å². The third-order valence-corrected chi connectivity index (χ3v) is 6.55. The highest BCUT2D eigenvalue weighted by molar-refractivity contribution is 7.90. The quantitative estimate of drug-likeness (QED) is 0.540. The second-order valence-electron chi connectivity index (χ2n) is 7.88. The number of carbonyl (C=O) groups excluding carboxylic acids is 1. The lowest BCUT2D eigenvalue weighted by atomic mass is 10.2. The molecule has 0 radical (unpaired) electrons. The minimum absolute atomic E-state index is 0.115. The van der Waals surface area contributed by atoms with Crippen LogP contribution in [0, 0.1) is 0 Å². The number of hydrogen-bond acceptors (Lipinski definition) is 7. The topological polar surface area (TPSA) is 102 Å². The minimum atomic E-state index is -3.24. The van der Waals surface area contributed by atoms with Crippen LogP contribution in [0.3, 0.4) is 0 Å². The first-order valence-electron chi connectivity index (χ1n) is 10.1. The Kier molecular flexibility index (Phi) is 6.27. The molecule has 10 heteroatoms. The maximum absolute atomic E-state index is 14.5. The number of likely N-dealkylation sites (tertiary alicyclic amines) is 1. The minimum Gasteiger partial charge on any atom is -0.465 e. The number of rotatable bonds is 7. The molecule has 0 saturated carbocycles. The largest absolute Gasteiger partial charge is 0.465 e. The molecule has 1 fully saturated rings. The molecule has 4 rings (SSSR count). The molecular weight excluding hydrogens is 437 g/mol. The second kappa shape index (κ2) is 8.97. The van der Waals surface area contributed by atoms with Gasteiger partial charge in [-0.3, -0.25) is 4.90 Å². The molecule has 0 bridgehead atoms. The molecule has 32 heavy (non-hydrogen) atoms. The summed E-state index contributed by atoms with van der Waals surface area (Å²) in [7, 11) is -1.92. The molecule has 0 amide bonds. The van der Waals surface area contributed by atoms with E-state index in [1.165, 1.54) is 7.11 Å². The average molecular weight is 462 g/mol. The van der Waals surface area contributed by atoms with Crippen molar-refractivity contribution in [2.24, 2.45) is 0 Å². The highest BCUT2D eigenvalue weighted by Crippen LogP contribution is 2.22. The lowest BCUT2D eigenvalue weighted by Gasteiger charge is -2.16. The number of fused-ring (bicyclic) bond motifs is 1. The number of halogens is 1. The van der Waals surface area contributed by atoms with Gasteiger partial charge in [-0.15, -0.1) is 0 Å². The van der Waals surface area contributed by atoms with Crippen LogP contribution in [-0.2, 0) is 32.5 Å². The average Bonchev–Trinajstić information content (AvgIpc) is 3.33. The van der Waals surface area contributed by atoms with E-state index in [4.69, 9.17) is 9.47 Å². The summed E-state index contributed by atoms with van der Waals surface area (Å²) in [5.41, 5.74) is 2.67. The third kappa shape index (κ3) is 4.98. The summed E-state index contributed by atoms with van der Waals surface area (Å²) >= 11 is 0. The van der Waals surface area contributed by atoms with Crippen LogP contribution in [0.25, 0.3) is 11.0 Å². The van der Waals surface area contributed by atoms with Crippen LogP contribution in [0.15, 0.2) is 47.4 Å². The molecule has 170 valence electrons. The van der Waals surface area contributed by atoms with Crippen molar-refractivity contribution in [3.05, 3.63) is 59.4 Å². The predicted molar refractivity (Wildman–Crippen MR) is 116 cm³/mol. The third-order valence-electron chi connectivity index (χ3n) is 5.42. The summed E-state index contributed by atoms with van der Waals surface area (Å²) in [5, 5.41) is 0. The molecule has 1 saturated heterocycles. The van der Waals surface area contributed by atoms with Crippen LogP contribution in [0.4, 0.5) is 4.39 Å². The zero-order chi connectivity index (χ0) is 22.9. The maximum Gasteiger partial charge on any atom is 0.337 e. The Morgan fingerprint density at radius 3 is 2.66 bits per heavy atom. The molecule has 1 N–H and O–H groups in total. The Labute approximate surface area is 185 Å². The Bertz CT molecular complexity index is 1230. The van der Waals surface area contributed by atoms with Crippen LogP contribution < -0.4 is 0 Å². The summed E-state index contributed by atoms with van der Waals surface area (Å²) in [5.74, 6) is 0.112. The molecule has 2 unspecified atom stereocenters. The van der Waals surface area contributed by atoms with E-state index in [1.807, 2.05) is 4.90 Å². The number of carbonyl (C=O) groups is 1. The first kappa shape index (κ1) is 22.4. The van der Waals surface area contributed by atoms with Gasteiger partial charge in [-0.2, -0.15) is 0 Å². The van der Waals surface area contributed by atoms with E-state index in [2.05, 4.69) is 9.97 Å². The van der Waals surface area contributed by atoms with Gasteiger partial charge in [-0.05, 0) is 35.9 Å². The van der Waals surface area contributed by atoms with Gasteiger partial charge < -0.3 is 14.5 Å². The predicted octanol–water partition coefficient (Wildman–Crippen LogP) is 2.49. The van der Waals surface area contributed by atoms with E-state index in [0.29, 0.717) is 35.5 Å². The molecule has 2 atom stereocenters. The number of imidazole rings is 1. The number of nitrogens with one attached hydrogen (secondary N) is 1. The van der Waals surface area contributed by atoms with Crippen LogP contribution in [0.2, 0.25) is 0 Å². The number of nitrogens with zero attached hydrogens (tertiary/aromatic N) is 2. The molecule has 0 spiro atoms. The lowest BCUT2D eigenvalue weighted by molar-refractivity contribution is 0.00864. The summed E-state index contributed by atoms with van der Waals surface area (Å²) in [6.45, 7) is 1.28. The number of aromatic nitrogens is 2. The number of ether oxygens (including phenoxy) is 2. The zero-order valence-electron chi connectivity index (χ0n) is 17.7. The van der Waals surface area contributed by atoms with Crippen molar-refractivity contribution in [1.82, 2.24) is 14.9 Å². The van der Waals surface area contributed by atoms with Gasteiger partial charge in [0.1, 0.15) is 24.7 Å². The Morgan fingerprint density at radius 1 is 1.22 bits per heavy atom. The van der Waals surface area contributed by atoms with Crippen molar-refractivity contribution in [3.8, 4) is 0 Å². The highest BCUT2D eigenvalue weighted by atomic mass is 32.2. The highest BCUT2D eigenvalue weighted by Gasteiger charge is 2.33. The van der Waals surface area contributed by atoms with Gasteiger partial charge in [-0.1, -0.05) is 12.1 Å². The van der Waals surface area contributed by atoms with Crippen molar-refractivity contribution in [2.45, 2.75) is 30.3 Å². The number of benzene rings is 2. The molecule has 1 aromatic heterocycles. The molecule has 2 aromatic carbocycles. The molecule has 8 nitrogen and oxygen atoms in total. The van der Waals surface area contributed by atoms with Crippen molar-refractivity contribution < 1.29 is 27.1 Å². The van der Waals surface area contributed by atoms with Gasteiger partial charge in [0.25, 0.3) is 0 Å². The SMILES string of the molecule is COC(=O)c1ccc2nc(COC3CN(Cc4ccc(S(C)(=O)=O)cc4)CC3F)[nH]c2c1. The fourth-order valence-electron chi connectivity index (χ4n) is 3.76. The Balaban J connectivity index is 1.35. The van der Waals surface area contributed by atoms with Crippen LogP contribution in [-0.4, -0.2) is 68.0 Å². The Hall–Kier alpha value is -2.82. The van der Waals surface area contributed by atoms with Crippen molar-refractivity contribution >= 4 is 26.8 Å². The number of sulfone groups is 1. The van der Waals surface area contributed by atoms with Gasteiger partial charge >= 0.3 is 5.97 Å². The fourth-order valence-corrected chi connectivity index (χ4v) is 4.39. The van der Waals surface area contributed by atoms with Gasteiger partial charge in [0.05, 0.1) is 28.6 Å². The smallest absolute Gasteiger partial charge is 0.337 e. The van der Waals surface area contributed by atoms with E-state index < -0.39 is 28.1 Å². The first-order chi connectivity index (χ1) is 15.2. The van der Waals surface area contributed by atoms with E-state index >= 15 is 0 Å². The van der Waals surface area contributed by atoms with E-state index in [-0.39, 0.29) is 18.0 Å². The number of hydrogen-bond donors (Lipinski definition) is 1. The number of alkyl halides is 1. The number of methoxy groups -OCH3 is 1. The number of aromatic amines is 1. The normalized spacial score (nSPS) is 19.5. The summed E-state index contributed by atoms with van der Waals surface area (Å²) in [4.78, 5) is 21.4. The molecule has 3 aromatic rings. The monoisotopic (exact) mass is 461 g/mol. The summed E-state index contributed by atoms with van der Waals surface area (Å²) < 4.78 is 48.2. The van der Waals surface area contributed by atoms with Gasteiger partial charge in [0, 0.05) is 25.9 Å².